The third kappa shape index (κ3) is 5.05. The minimum Gasteiger partial charge on any atom is -0.473 e. The van der Waals surface area contributed by atoms with Crippen LogP contribution in [0.2, 0.25) is 0 Å². The highest BCUT2D eigenvalue weighted by atomic mass is 19.4. The van der Waals surface area contributed by atoms with Gasteiger partial charge in [0.15, 0.2) is 17.4 Å². The van der Waals surface area contributed by atoms with Crippen molar-refractivity contribution in [1.82, 2.24) is 14.5 Å². The molecule has 0 bridgehead atoms. The van der Waals surface area contributed by atoms with Gasteiger partial charge in [0.25, 0.3) is 0 Å². The van der Waals surface area contributed by atoms with E-state index in [2.05, 4.69) is 9.97 Å². The Hall–Kier alpha value is -3.70. The molecule has 12 heteroatoms. The Morgan fingerprint density at radius 3 is 2.46 bits per heavy atom. The molecule has 0 unspecified atom stereocenters. The molecule has 0 aliphatic carbocycles. The first-order valence-electron chi connectivity index (χ1n) is 10.5. The standard InChI is InChI=1S/C23H21F5N4O3/c1-22(2)5-7-32-19(31(22)3)11-18(30-21(32)33)34-12-13-8-15(24)20(16(25)9-13)35-14-4-6-29-17(10-14)23(26,27)28/h4,6,8-11H,5,7,12H2,1-3H3. The quantitative estimate of drug-likeness (QED) is 0.467. The molecule has 2 aromatic heterocycles. The van der Waals surface area contributed by atoms with Gasteiger partial charge in [-0.05, 0) is 44.0 Å². The maximum absolute atomic E-state index is 14.5. The van der Waals surface area contributed by atoms with E-state index in [1.54, 1.807) is 6.07 Å². The summed E-state index contributed by atoms with van der Waals surface area (Å²) in [6.45, 7) is 4.25. The van der Waals surface area contributed by atoms with Gasteiger partial charge >= 0.3 is 11.9 Å². The first-order valence-corrected chi connectivity index (χ1v) is 10.5. The minimum atomic E-state index is -4.74. The van der Waals surface area contributed by atoms with Crippen LogP contribution >= 0.6 is 0 Å². The molecule has 0 fully saturated rings. The Morgan fingerprint density at radius 2 is 1.80 bits per heavy atom. The SMILES string of the molecule is CN1c2cc(OCc3cc(F)c(Oc4ccnc(C(F)(F)F)c4)c(F)c3)nc(=O)n2CCC1(C)C. The van der Waals surface area contributed by atoms with Crippen molar-refractivity contribution in [3.8, 4) is 17.4 Å². The second-order valence-electron chi connectivity index (χ2n) is 8.66. The van der Waals surface area contributed by atoms with Crippen molar-refractivity contribution in [2.24, 2.45) is 0 Å². The maximum Gasteiger partial charge on any atom is 0.433 e. The predicted molar refractivity (Wildman–Crippen MR) is 116 cm³/mol. The summed E-state index contributed by atoms with van der Waals surface area (Å²) in [5, 5.41) is 0. The van der Waals surface area contributed by atoms with Crippen molar-refractivity contribution in [2.75, 3.05) is 11.9 Å². The number of aromatic nitrogens is 3. The van der Waals surface area contributed by atoms with E-state index < -0.39 is 40.7 Å². The van der Waals surface area contributed by atoms with Gasteiger partial charge in [0, 0.05) is 37.5 Å². The van der Waals surface area contributed by atoms with Gasteiger partial charge in [-0.1, -0.05) is 0 Å². The van der Waals surface area contributed by atoms with Crippen LogP contribution < -0.4 is 20.1 Å². The molecule has 0 saturated carbocycles. The Labute approximate surface area is 196 Å². The van der Waals surface area contributed by atoms with Gasteiger partial charge < -0.3 is 14.4 Å². The van der Waals surface area contributed by atoms with Crippen LogP contribution in [-0.2, 0) is 19.3 Å². The van der Waals surface area contributed by atoms with Crippen LogP contribution in [0.1, 0.15) is 31.5 Å². The van der Waals surface area contributed by atoms with Gasteiger partial charge in [0.2, 0.25) is 5.88 Å². The molecule has 1 aliphatic rings. The molecular weight excluding hydrogens is 475 g/mol. The summed E-state index contributed by atoms with van der Waals surface area (Å²) < 4.78 is 79.6. The molecule has 35 heavy (non-hydrogen) atoms. The van der Waals surface area contributed by atoms with Crippen LogP contribution in [0.15, 0.2) is 41.3 Å². The van der Waals surface area contributed by atoms with Crippen molar-refractivity contribution in [2.45, 2.75) is 45.1 Å². The fourth-order valence-electron chi connectivity index (χ4n) is 3.60. The van der Waals surface area contributed by atoms with E-state index in [9.17, 15) is 26.7 Å². The number of fused-ring (bicyclic) bond motifs is 1. The zero-order chi connectivity index (χ0) is 25.5. The molecule has 0 spiro atoms. The summed E-state index contributed by atoms with van der Waals surface area (Å²) in [6, 6.07) is 5.00. The van der Waals surface area contributed by atoms with Crippen molar-refractivity contribution in [1.29, 1.82) is 0 Å². The number of pyridine rings is 1. The van der Waals surface area contributed by atoms with Crippen LogP contribution in [0.5, 0.6) is 17.4 Å². The van der Waals surface area contributed by atoms with E-state index in [0.717, 1.165) is 30.8 Å². The zero-order valence-electron chi connectivity index (χ0n) is 19.0. The number of hydrogen-bond acceptors (Lipinski definition) is 6. The normalized spacial score (nSPS) is 15.0. The summed E-state index contributed by atoms with van der Waals surface area (Å²) in [6.07, 6.45) is -3.17. The number of ether oxygens (including phenoxy) is 2. The van der Waals surface area contributed by atoms with Gasteiger partial charge in [-0.2, -0.15) is 18.2 Å². The second kappa shape index (κ2) is 8.82. The monoisotopic (exact) mass is 496 g/mol. The van der Waals surface area contributed by atoms with Crippen LogP contribution in [0, 0.1) is 11.6 Å². The number of benzene rings is 1. The zero-order valence-corrected chi connectivity index (χ0v) is 19.0. The van der Waals surface area contributed by atoms with Crippen LogP contribution in [-0.4, -0.2) is 27.1 Å². The lowest BCUT2D eigenvalue weighted by Crippen LogP contribution is -2.49. The summed E-state index contributed by atoms with van der Waals surface area (Å²) in [4.78, 5) is 21.4. The van der Waals surface area contributed by atoms with Crippen LogP contribution in [0.25, 0.3) is 0 Å². The molecule has 3 heterocycles. The van der Waals surface area contributed by atoms with Crippen molar-refractivity contribution < 1.29 is 31.4 Å². The van der Waals surface area contributed by atoms with E-state index in [1.807, 2.05) is 25.8 Å². The number of hydrogen-bond donors (Lipinski definition) is 0. The highest BCUT2D eigenvalue weighted by Crippen LogP contribution is 2.34. The highest BCUT2D eigenvalue weighted by molar-refractivity contribution is 5.46. The van der Waals surface area contributed by atoms with Crippen molar-refractivity contribution >= 4 is 5.82 Å². The summed E-state index contributed by atoms with van der Waals surface area (Å²) >= 11 is 0. The number of alkyl halides is 3. The van der Waals surface area contributed by atoms with Crippen LogP contribution in [0.4, 0.5) is 27.8 Å². The average molecular weight is 496 g/mol. The molecule has 1 aliphatic heterocycles. The van der Waals surface area contributed by atoms with Gasteiger partial charge in [-0.25, -0.2) is 13.6 Å². The van der Waals surface area contributed by atoms with E-state index in [-0.39, 0.29) is 23.6 Å². The minimum absolute atomic E-state index is 0.0107. The topological polar surface area (TPSA) is 69.5 Å². The Morgan fingerprint density at radius 1 is 1.11 bits per heavy atom. The lowest BCUT2D eigenvalue weighted by atomic mass is 9.96. The molecule has 7 nitrogen and oxygen atoms in total. The maximum atomic E-state index is 14.5. The second-order valence-corrected chi connectivity index (χ2v) is 8.66. The Kier molecular flexibility index (Phi) is 6.16. The first-order chi connectivity index (χ1) is 16.3. The lowest BCUT2D eigenvalue weighted by molar-refractivity contribution is -0.141. The number of rotatable bonds is 5. The van der Waals surface area contributed by atoms with Gasteiger partial charge in [0.1, 0.15) is 23.9 Å². The number of nitrogens with zero attached hydrogens (tertiary/aromatic N) is 4. The Balaban J connectivity index is 1.52. The third-order valence-corrected chi connectivity index (χ3v) is 5.85. The molecular formula is C23H21F5N4O3. The molecule has 186 valence electrons. The summed E-state index contributed by atoms with van der Waals surface area (Å²) in [7, 11) is 1.85. The molecule has 0 radical (unpaired) electrons. The molecule has 3 aromatic rings. The third-order valence-electron chi connectivity index (χ3n) is 5.85. The molecule has 0 amide bonds. The first kappa shape index (κ1) is 24.4. The van der Waals surface area contributed by atoms with Crippen molar-refractivity contribution in [3.63, 3.8) is 0 Å². The van der Waals surface area contributed by atoms with E-state index in [4.69, 9.17) is 9.47 Å². The fraction of sp³-hybridized carbons (Fsp3) is 0.348. The molecule has 4 rings (SSSR count). The summed E-state index contributed by atoms with van der Waals surface area (Å²) in [5.41, 5.74) is -1.89. The van der Waals surface area contributed by atoms with E-state index >= 15 is 0 Å². The van der Waals surface area contributed by atoms with Gasteiger partial charge in [0.05, 0.1) is 0 Å². The highest BCUT2D eigenvalue weighted by Gasteiger charge is 2.33. The summed E-state index contributed by atoms with van der Waals surface area (Å²) in [5.74, 6) is -3.00. The number of anilines is 1. The van der Waals surface area contributed by atoms with E-state index in [0.29, 0.717) is 18.4 Å². The molecule has 0 atom stereocenters. The lowest BCUT2D eigenvalue weighted by Gasteiger charge is -2.42. The van der Waals surface area contributed by atoms with Gasteiger partial charge in [-0.15, -0.1) is 0 Å². The van der Waals surface area contributed by atoms with Gasteiger partial charge in [-0.3, -0.25) is 9.55 Å². The molecule has 0 N–H and O–H groups in total. The fourth-order valence-corrected chi connectivity index (χ4v) is 3.60. The van der Waals surface area contributed by atoms with Crippen LogP contribution in [0.3, 0.4) is 0 Å². The molecule has 0 saturated heterocycles. The van der Waals surface area contributed by atoms with Crippen molar-refractivity contribution in [3.05, 3.63) is 69.9 Å². The Bertz CT molecular complexity index is 1300. The predicted octanol–water partition coefficient (Wildman–Crippen LogP) is 4.93. The largest absolute Gasteiger partial charge is 0.473 e. The smallest absolute Gasteiger partial charge is 0.433 e. The van der Waals surface area contributed by atoms with E-state index in [1.165, 1.54) is 4.57 Å². The number of halogens is 5. The molecule has 1 aromatic carbocycles. The average Bonchev–Trinajstić information content (AvgIpc) is 2.77.